The van der Waals surface area contributed by atoms with Crippen LogP contribution in [0.25, 0.3) is 0 Å². The van der Waals surface area contributed by atoms with Gasteiger partial charge in [-0.1, -0.05) is 17.7 Å². The number of hydrogen-bond acceptors (Lipinski definition) is 5. The van der Waals surface area contributed by atoms with Crippen molar-refractivity contribution < 1.29 is 35.9 Å². The van der Waals surface area contributed by atoms with Gasteiger partial charge < -0.3 is 14.8 Å². The second kappa shape index (κ2) is 9.82. The Bertz CT molecular complexity index is 1330. The molecule has 2 N–H and O–H groups in total. The highest BCUT2D eigenvalue weighted by Gasteiger charge is 2.32. The molecule has 0 unspecified atom stereocenters. The van der Waals surface area contributed by atoms with Crippen LogP contribution in [0.5, 0.6) is 11.5 Å². The summed E-state index contributed by atoms with van der Waals surface area (Å²) in [5.74, 6) is -0.102. The van der Waals surface area contributed by atoms with Crippen molar-refractivity contribution in [2.45, 2.75) is 11.1 Å². The molecule has 0 heterocycles. The van der Waals surface area contributed by atoms with Crippen LogP contribution in [0.3, 0.4) is 0 Å². The molecule has 0 aliphatic heterocycles. The topological polar surface area (TPSA) is 93.7 Å². The second-order valence-electron chi connectivity index (χ2n) is 6.85. The van der Waals surface area contributed by atoms with Crippen molar-refractivity contribution in [2.75, 3.05) is 24.3 Å². The monoisotopic (exact) mass is 514 g/mol. The van der Waals surface area contributed by atoms with Crippen molar-refractivity contribution in [3.63, 3.8) is 0 Å². The molecule has 0 aliphatic carbocycles. The molecule has 3 rings (SSSR count). The Balaban J connectivity index is 1.96. The summed E-state index contributed by atoms with van der Waals surface area (Å²) in [5.41, 5.74) is -1.13. The highest BCUT2D eigenvalue weighted by atomic mass is 35.5. The minimum absolute atomic E-state index is 0.108. The third-order valence-electron chi connectivity index (χ3n) is 4.60. The third-order valence-corrected chi connectivity index (χ3v) is 6.26. The molecule has 0 spiro atoms. The molecule has 0 saturated heterocycles. The highest BCUT2D eigenvalue weighted by molar-refractivity contribution is 7.92. The number of benzene rings is 3. The van der Waals surface area contributed by atoms with E-state index in [-0.39, 0.29) is 22.0 Å². The second-order valence-corrected chi connectivity index (χ2v) is 8.94. The van der Waals surface area contributed by atoms with Gasteiger partial charge in [-0.3, -0.25) is 9.52 Å². The summed E-state index contributed by atoms with van der Waals surface area (Å²) in [6, 6.07) is 11.7. The predicted molar refractivity (Wildman–Crippen MR) is 121 cm³/mol. The molecular formula is C22H18ClF3N2O5S. The molecule has 0 radical (unpaired) electrons. The van der Waals surface area contributed by atoms with Crippen molar-refractivity contribution in [1.29, 1.82) is 0 Å². The fourth-order valence-electron chi connectivity index (χ4n) is 2.92. The maximum absolute atomic E-state index is 13.0. The molecule has 0 atom stereocenters. The van der Waals surface area contributed by atoms with Gasteiger partial charge in [0.15, 0.2) is 0 Å². The molecule has 0 bridgehead atoms. The quantitative estimate of drug-likeness (QED) is 0.438. The number of methoxy groups -OCH3 is 2. The van der Waals surface area contributed by atoms with E-state index < -0.39 is 32.6 Å². The molecule has 3 aromatic carbocycles. The maximum atomic E-state index is 13.0. The number of anilines is 2. The van der Waals surface area contributed by atoms with E-state index in [9.17, 15) is 26.4 Å². The number of nitrogens with one attached hydrogen (secondary N) is 2. The molecule has 3 aromatic rings. The van der Waals surface area contributed by atoms with E-state index in [4.69, 9.17) is 21.1 Å². The Morgan fingerprint density at radius 2 is 1.71 bits per heavy atom. The van der Waals surface area contributed by atoms with Crippen LogP contribution in [0.15, 0.2) is 65.6 Å². The van der Waals surface area contributed by atoms with Crippen molar-refractivity contribution in [2.24, 2.45) is 0 Å². The average molecular weight is 515 g/mol. The lowest BCUT2D eigenvalue weighted by molar-refractivity contribution is -0.137. The van der Waals surface area contributed by atoms with Crippen LogP contribution >= 0.6 is 11.6 Å². The Hall–Kier alpha value is -3.44. The van der Waals surface area contributed by atoms with Crippen molar-refractivity contribution in [3.8, 4) is 11.5 Å². The van der Waals surface area contributed by atoms with Gasteiger partial charge >= 0.3 is 6.18 Å². The molecule has 0 saturated carbocycles. The number of rotatable bonds is 7. The zero-order valence-corrected chi connectivity index (χ0v) is 19.3. The first-order valence-corrected chi connectivity index (χ1v) is 11.3. The minimum atomic E-state index is -4.73. The van der Waals surface area contributed by atoms with Gasteiger partial charge in [0.1, 0.15) is 11.5 Å². The molecule has 180 valence electrons. The van der Waals surface area contributed by atoms with E-state index in [0.29, 0.717) is 17.5 Å². The first kappa shape index (κ1) is 25.2. The van der Waals surface area contributed by atoms with Crippen LogP contribution < -0.4 is 19.5 Å². The van der Waals surface area contributed by atoms with Crippen molar-refractivity contribution >= 4 is 38.9 Å². The van der Waals surface area contributed by atoms with E-state index in [1.54, 1.807) is 0 Å². The number of halogens is 4. The minimum Gasteiger partial charge on any atom is -0.497 e. The normalized spacial score (nSPS) is 11.6. The van der Waals surface area contributed by atoms with Gasteiger partial charge in [-0.15, -0.1) is 0 Å². The molecule has 12 heteroatoms. The number of sulfonamides is 1. The highest BCUT2D eigenvalue weighted by Crippen LogP contribution is 2.32. The lowest BCUT2D eigenvalue weighted by Crippen LogP contribution is -2.19. The number of carbonyl (C=O) groups excluding carboxylic acids is 1. The SMILES string of the molecule is COc1ccc(C(=O)Nc2ccc(OC)c(Cl)c2)c(NS(=O)(=O)c2cccc(C(F)(F)F)c2)c1. The predicted octanol–water partition coefficient (Wildman–Crippen LogP) is 5.43. The van der Waals surface area contributed by atoms with Crippen LogP contribution in [0, 0.1) is 0 Å². The molecule has 0 fully saturated rings. The first-order valence-electron chi connectivity index (χ1n) is 9.47. The van der Waals surface area contributed by atoms with Gasteiger partial charge in [0, 0.05) is 11.8 Å². The molecule has 34 heavy (non-hydrogen) atoms. The fourth-order valence-corrected chi connectivity index (χ4v) is 4.29. The maximum Gasteiger partial charge on any atom is 0.416 e. The number of hydrogen-bond donors (Lipinski definition) is 2. The lowest BCUT2D eigenvalue weighted by Gasteiger charge is -2.15. The number of amides is 1. The van der Waals surface area contributed by atoms with Crippen molar-refractivity contribution in [3.05, 3.63) is 76.8 Å². The van der Waals surface area contributed by atoms with Crippen LogP contribution in [-0.4, -0.2) is 28.5 Å². The standard InChI is InChI=1S/C22H18ClF3N2O5S/c1-32-15-7-8-17(21(29)27-14-6-9-20(33-2)18(23)11-14)19(12-15)28-34(30,31)16-5-3-4-13(10-16)22(24,25)26/h3-12,28H,1-2H3,(H,27,29). The summed E-state index contributed by atoms with van der Waals surface area (Å²) in [6.45, 7) is 0. The summed E-state index contributed by atoms with van der Waals surface area (Å²) in [7, 11) is -1.73. The zero-order chi connectivity index (χ0) is 25.1. The average Bonchev–Trinajstić information content (AvgIpc) is 2.78. The van der Waals surface area contributed by atoms with E-state index in [1.165, 1.54) is 50.6 Å². The number of alkyl halides is 3. The molecule has 0 aliphatic rings. The van der Waals surface area contributed by atoms with E-state index >= 15 is 0 Å². The Morgan fingerprint density at radius 1 is 0.971 bits per heavy atom. The summed E-state index contributed by atoms with van der Waals surface area (Å²) in [6.07, 6.45) is -4.73. The molecule has 0 aromatic heterocycles. The third kappa shape index (κ3) is 5.72. The number of ether oxygens (including phenoxy) is 2. The van der Waals surface area contributed by atoms with Crippen LogP contribution in [-0.2, 0) is 16.2 Å². The van der Waals surface area contributed by atoms with E-state index in [1.807, 2.05) is 0 Å². The Kier molecular flexibility index (Phi) is 7.27. The summed E-state index contributed by atoms with van der Waals surface area (Å²) >= 11 is 6.07. The van der Waals surface area contributed by atoms with Crippen LogP contribution in [0.1, 0.15) is 15.9 Å². The van der Waals surface area contributed by atoms with E-state index in [2.05, 4.69) is 10.0 Å². The smallest absolute Gasteiger partial charge is 0.416 e. The molecular weight excluding hydrogens is 497 g/mol. The van der Waals surface area contributed by atoms with Crippen LogP contribution in [0.2, 0.25) is 5.02 Å². The lowest BCUT2D eigenvalue weighted by atomic mass is 10.1. The van der Waals surface area contributed by atoms with Gasteiger partial charge in [-0.2, -0.15) is 13.2 Å². The largest absolute Gasteiger partial charge is 0.497 e. The summed E-state index contributed by atoms with van der Waals surface area (Å²) in [5, 5.41) is 2.82. The first-order chi connectivity index (χ1) is 15.9. The van der Waals surface area contributed by atoms with Gasteiger partial charge in [-0.25, -0.2) is 8.42 Å². The number of carbonyl (C=O) groups is 1. The van der Waals surface area contributed by atoms with Gasteiger partial charge in [0.05, 0.1) is 41.0 Å². The van der Waals surface area contributed by atoms with E-state index in [0.717, 1.165) is 18.2 Å². The van der Waals surface area contributed by atoms with Crippen molar-refractivity contribution in [1.82, 2.24) is 0 Å². The zero-order valence-electron chi connectivity index (χ0n) is 17.7. The summed E-state index contributed by atoms with van der Waals surface area (Å²) in [4.78, 5) is 12.3. The molecule has 7 nitrogen and oxygen atoms in total. The van der Waals surface area contributed by atoms with Gasteiger partial charge in [0.2, 0.25) is 0 Å². The summed E-state index contributed by atoms with van der Waals surface area (Å²) < 4.78 is 77.1. The van der Waals surface area contributed by atoms with Gasteiger partial charge in [0.25, 0.3) is 15.9 Å². The van der Waals surface area contributed by atoms with Crippen LogP contribution in [0.4, 0.5) is 24.5 Å². The van der Waals surface area contributed by atoms with Gasteiger partial charge in [-0.05, 0) is 48.5 Å². The molecule has 1 amide bonds. The fraction of sp³-hybridized carbons (Fsp3) is 0.136. The Morgan fingerprint density at radius 3 is 2.32 bits per heavy atom. The Labute approximate surface area is 198 Å².